The van der Waals surface area contributed by atoms with E-state index in [0.29, 0.717) is 34.0 Å². The number of hydrogen-bond donors (Lipinski definition) is 3. The van der Waals surface area contributed by atoms with Crippen molar-refractivity contribution in [2.24, 2.45) is 5.41 Å². The van der Waals surface area contributed by atoms with Gasteiger partial charge >= 0.3 is 0 Å². The summed E-state index contributed by atoms with van der Waals surface area (Å²) < 4.78 is 55.1. The Bertz CT molecular complexity index is 1440. The fourth-order valence-corrected chi connectivity index (χ4v) is 7.30. The molecule has 13 heteroatoms. The maximum atomic E-state index is 14.0. The number of carbonyl (C=O) groups is 1. The van der Waals surface area contributed by atoms with Crippen molar-refractivity contribution in [3.05, 3.63) is 35.9 Å². The highest BCUT2D eigenvalue weighted by Gasteiger charge is 2.44. The van der Waals surface area contributed by atoms with E-state index in [0.717, 1.165) is 57.5 Å². The highest BCUT2D eigenvalue weighted by molar-refractivity contribution is 7.92. The Morgan fingerprint density at radius 1 is 0.860 bits per heavy atom. The average molecular weight is 619 g/mol. The molecule has 4 fully saturated rings. The van der Waals surface area contributed by atoms with E-state index < -0.39 is 28.3 Å². The Hall–Kier alpha value is -3.19. The summed E-state index contributed by atoms with van der Waals surface area (Å²) in [5, 5.41) is 12.1. The zero-order valence-electron chi connectivity index (χ0n) is 24.3. The molecule has 1 aromatic heterocycles. The van der Waals surface area contributed by atoms with Crippen LogP contribution in [0.4, 0.5) is 37.5 Å². The second-order valence-corrected chi connectivity index (χ2v) is 14.2. The average Bonchev–Trinajstić information content (AvgIpc) is 3.48. The summed E-state index contributed by atoms with van der Waals surface area (Å²) in [7, 11) is -3.74. The number of sulfonamides is 1. The van der Waals surface area contributed by atoms with Crippen LogP contribution in [0.2, 0.25) is 0 Å². The van der Waals surface area contributed by atoms with Gasteiger partial charge in [-0.15, -0.1) is 0 Å². The number of alkyl halides is 2. The SMILES string of the molecule is O=C(Nc1ccc(N2CCCC2)c(N2CCC(F)(F)CC2)n1)c1ccc(NS(=O)(=O)CCO)cc1N1CCC2(CC1)CC2. The van der Waals surface area contributed by atoms with Crippen LogP contribution in [0, 0.1) is 5.41 Å². The Balaban J connectivity index is 1.27. The van der Waals surface area contributed by atoms with Gasteiger partial charge in [0.2, 0.25) is 10.0 Å². The van der Waals surface area contributed by atoms with Crippen molar-refractivity contribution < 1.29 is 27.1 Å². The number of halogens is 2. The molecule has 6 rings (SSSR count). The zero-order valence-corrected chi connectivity index (χ0v) is 25.1. The maximum absolute atomic E-state index is 14.0. The van der Waals surface area contributed by atoms with E-state index in [-0.39, 0.29) is 31.8 Å². The number of carbonyl (C=O) groups excluding carboxylic acids is 1. The van der Waals surface area contributed by atoms with E-state index in [4.69, 9.17) is 10.1 Å². The normalized spacial score (nSPS) is 21.2. The number of nitrogens with one attached hydrogen (secondary N) is 2. The van der Waals surface area contributed by atoms with Crippen LogP contribution in [0.15, 0.2) is 30.3 Å². The molecule has 0 atom stereocenters. The van der Waals surface area contributed by atoms with Gasteiger partial charge in [-0.25, -0.2) is 22.2 Å². The van der Waals surface area contributed by atoms with Gasteiger partial charge in [0.05, 0.1) is 35.0 Å². The molecule has 2 aromatic rings. The van der Waals surface area contributed by atoms with E-state index in [1.807, 2.05) is 11.0 Å². The first kappa shape index (κ1) is 29.9. The first-order valence-electron chi connectivity index (χ1n) is 15.3. The second-order valence-electron chi connectivity index (χ2n) is 12.4. The van der Waals surface area contributed by atoms with Gasteiger partial charge in [0.25, 0.3) is 11.8 Å². The van der Waals surface area contributed by atoms with Crippen molar-refractivity contribution in [1.82, 2.24) is 4.98 Å². The first-order valence-corrected chi connectivity index (χ1v) is 16.9. The van der Waals surface area contributed by atoms with Crippen LogP contribution in [0.1, 0.15) is 61.7 Å². The van der Waals surface area contributed by atoms with Crippen molar-refractivity contribution in [2.45, 2.75) is 57.3 Å². The van der Waals surface area contributed by atoms with E-state index in [9.17, 15) is 22.0 Å². The molecule has 4 heterocycles. The molecule has 1 saturated carbocycles. The Kier molecular flexibility index (Phi) is 8.14. The van der Waals surface area contributed by atoms with Crippen LogP contribution in [-0.4, -0.2) is 82.0 Å². The fourth-order valence-electron chi connectivity index (χ4n) is 6.48. The monoisotopic (exact) mass is 618 g/mol. The van der Waals surface area contributed by atoms with Gasteiger partial charge in [0.15, 0.2) is 5.82 Å². The lowest BCUT2D eigenvalue weighted by molar-refractivity contribution is -0.0221. The summed E-state index contributed by atoms with van der Waals surface area (Å²) >= 11 is 0. The molecule has 4 aliphatic rings. The highest BCUT2D eigenvalue weighted by atomic mass is 32.2. The standard InChI is InChI=1S/C30H40F2N6O4S/c31-30(32)11-17-38(18-12-30)27-24(36-13-1-2-14-36)5-6-26(33-27)34-28(40)23-4-3-22(35-43(41,42)20-19-39)21-25(23)37-15-9-29(7-8-29)10-16-37/h3-6,21,35,39H,1-2,7-20H2,(H,33,34,40). The third-order valence-corrected chi connectivity index (χ3v) is 10.6. The highest BCUT2D eigenvalue weighted by Crippen LogP contribution is 2.54. The van der Waals surface area contributed by atoms with Crippen molar-refractivity contribution in [3.63, 3.8) is 0 Å². The summed E-state index contributed by atoms with van der Waals surface area (Å²) in [5.74, 6) is -2.56. The van der Waals surface area contributed by atoms with E-state index in [2.05, 4.69) is 19.8 Å². The third-order valence-electron chi connectivity index (χ3n) is 9.33. The number of rotatable bonds is 9. The fraction of sp³-hybridized carbons (Fsp3) is 0.600. The molecule has 0 radical (unpaired) electrons. The molecule has 0 unspecified atom stereocenters. The van der Waals surface area contributed by atoms with Crippen LogP contribution < -0.4 is 24.7 Å². The van der Waals surface area contributed by atoms with Crippen LogP contribution in [0.3, 0.4) is 0 Å². The van der Waals surface area contributed by atoms with Crippen LogP contribution in [-0.2, 0) is 10.0 Å². The van der Waals surface area contributed by atoms with Crippen molar-refractivity contribution >= 4 is 44.6 Å². The third kappa shape index (κ3) is 6.82. The number of nitrogens with zero attached hydrogens (tertiary/aromatic N) is 4. The first-order chi connectivity index (χ1) is 20.6. The van der Waals surface area contributed by atoms with Crippen LogP contribution in [0.5, 0.6) is 0 Å². The number of piperidine rings is 2. The van der Waals surface area contributed by atoms with Gasteiger partial charge < -0.3 is 25.1 Å². The van der Waals surface area contributed by atoms with Gasteiger partial charge in [-0.1, -0.05) is 0 Å². The number of aliphatic hydroxyl groups is 1. The number of anilines is 5. The zero-order chi connectivity index (χ0) is 30.2. The minimum atomic E-state index is -3.74. The topological polar surface area (TPSA) is 118 Å². The summed E-state index contributed by atoms with van der Waals surface area (Å²) in [5.41, 5.74) is 2.65. The predicted octanol–water partition coefficient (Wildman–Crippen LogP) is 4.28. The molecule has 1 aliphatic carbocycles. The molecule has 1 amide bonds. The number of amides is 1. The smallest absolute Gasteiger partial charge is 0.258 e. The number of hydrogen-bond acceptors (Lipinski definition) is 8. The molecule has 0 bridgehead atoms. The summed E-state index contributed by atoms with van der Waals surface area (Å²) in [6.45, 7) is 3.15. The Morgan fingerprint density at radius 2 is 1.51 bits per heavy atom. The molecule has 3 aliphatic heterocycles. The lowest BCUT2D eigenvalue weighted by Gasteiger charge is -2.35. The molecule has 1 aromatic carbocycles. The van der Waals surface area contributed by atoms with Gasteiger partial charge in [-0.3, -0.25) is 9.52 Å². The Morgan fingerprint density at radius 3 is 2.16 bits per heavy atom. The molecular formula is C30H40F2N6O4S. The number of aromatic nitrogens is 1. The molecule has 3 N–H and O–H groups in total. The molecule has 10 nitrogen and oxygen atoms in total. The van der Waals surface area contributed by atoms with E-state index in [1.54, 1.807) is 24.3 Å². The second kappa shape index (κ2) is 11.7. The summed E-state index contributed by atoms with van der Waals surface area (Å²) in [6, 6.07) is 8.49. The lowest BCUT2D eigenvalue weighted by Crippen LogP contribution is -2.40. The number of benzene rings is 1. The van der Waals surface area contributed by atoms with Crippen molar-refractivity contribution in [1.29, 1.82) is 0 Å². The summed E-state index contributed by atoms with van der Waals surface area (Å²) in [4.78, 5) is 24.8. The van der Waals surface area contributed by atoms with E-state index >= 15 is 0 Å². The molecular weight excluding hydrogens is 578 g/mol. The largest absolute Gasteiger partial charge is 0.395 e. The van der Waals surface area contributed by atoms with Gasteiger partial charge in [-0.05, 0) is 74.3 Å². The van der Waals surface area contributed by atoms with Crippen LogP contribution in [0.25, 0.3) is 0 Å². The number of aliphatic hydroxyl groups excluding tert-OH is 1. The number of pyridine rings is 1. The summed E-state index contributed by atoms with van der Waals surface area (Å²) in [6.07, 6.45) is 6.14. The minimum absolute atomic E-state index is 0.187. The minimum Gasteiger partial charge on any atom is -0.395 e. The van der Waals surface area contributed by atoms with Gasteiger partial charge in [-0.2, -0.15) is 0 Å². The molecule has 234 valence electrons. The maximum Gasteiger partial charge on any atom is 0.258 e. The molecule has 3 saturated heterocycles. The van der Waals surface area contributed by atoms with Gasteiger partial charge in [0.1, 0.15) is 5.82 Å². The quantitative estimate of drug-likeness (QED) is 0.381. The molecule has 43 heavy (non-hydrogen) atoms. The lowest BCUT2D eigenvalue weighted by atomic mass is 9.93. The Labute approximate surface area is 251 Å². The van der Waals surface area contributed by atoms with Crippen LogP contribution >= 0.6 is 0 Å². The predicted molar refractivity (Wildman–Crippen MR) is 164 cm³/mol. The van der Waals surface area contributed by atoms with Crippen molar-refractivity contribution in [3.8, 4) is 0 Å². The molecule has 1 spiro atoms. The van der Waals surface area contributed by atoms with Gasteiger partial charge in [0, 0.05) is 52.1 Å². The van der Waals surface area contributed by atoms with Crippen molar-refractivity contribution in [2.75, 3.05) is 76.4 Å². The van der Waals surface area contributed by atoms with E-state index in [1.165, 1.54) is 12.8 Å².